The first-order valence-electron chi connectivity index (χ1n) is 6.87. The van der Waals surface area contributed by atoms with Gasteiger partial charge in [0, 0.05) is 18.8 Å². The topological polar surface area (TPSA) is 41.5 Å². The smallest absolute Gasteiger partial charge is 0.0945 e. The molecule has 18 heavy (non-hydrogen) atoms. The normalized spacial score (nSPS) is 12.3. The second-order valence-electron chi connectivity index (χ2n) is 4.54. The fourth-order valence-electron chi connectivity index (χ4n) is 1.70. The zero-order valence-corrected chi connectivity index (χ0v) is 11.3. The Morgan fingerprint density at radius 3 is 2.67 bits per heavy atom. The number of unbranched alkanes of at least 4 members (excludes halogenated alkanes) is 3. The first-order valence-corrected chi connectivity index (χ1v) is 6.87. The molecule has 0 aliphatic carbocycles. The van der Waals surface area contributed by atoms with Crippen LogP contribution in [0, 0.1) is 0 Å². The van der Waals surface area contributed by atoms with Crippen LogP contribution >= 0.6 is 0 Å². The number of ether oxygens (including phenoxy) is 1. The summed E-state index contributed by atoms with van der Waals surface area (Å²) in [5.41, 5.74) is 1.03. The molecule has 0 bridgehead atoms. The van der Waals surface area contributed by atoms with E-state index in [0.717, 1.165) is 18.7 Å². The molecule has 0 saturated carbocycles. The Morgan fingerprint density at radius 2 is 1.94 bits per heavy atom. The standard InChI is InChI=1S/C15H25NO2/c1-2-3-4-8-11-18-13-15(17)12-16-14-9-6-5-7-10-14/h5-7,9-10,15-17H,2-4,8,11-13H2,1H3. The SMILES string of the molecule is CCCCCCOCC(O)CNc1ccccc1. The van der Waals surface area contributed by atoms with Crippen molar-refractivity contribution < 1.29 is 9.84 Å². The number of aliphatic hydroxyl groups is 1. The summed E-state index contributed by atoms with van der Waals surface area (Å²) in [6.07, 6.45) is 4.36. The van der Waals surface area contributed by atoms with Gasteiger partial charge in [0.1, 0.15) is 0 Å². The van der Waals surface area contributed by atoms with Gasteiger partial charge in [-0.2, -0.15) is 0 Å². The largest absolute Gasteiger partial charge is 0.389 e. The Morgan fingerprint density at radius 1 is 1.17 bits per heavy atom. The average Bonchev–Trinajstić information content (AvgIpc) is 2.41. The van der Waals surface area contributed by atoms with Gasteiger partial charge in [0.25, 0.3) is 0 Å². The molecule has 0 fully saturated rings. The van der Waals surface area contributed by atoms with Crippen molar-refractivity contribution in [1.82, 2.24) is 0 Å². The number of aliphatic hydroxyl groups excluding tert-OH is 1. The third-order valence-corrected chi connectivity index (χ3v) is 2.77. The predicted molar refractivity (Wildman–Crippen MR) is 75.9 cm³/mol. The summed E-state index contributed by atoms with van der Waals surface area (Å²) < 4.78 is 5.44. The van der Waals surface area contributed by atoms with Gasteiger partial charge in [0.15, 0.2) is 0 Å². The molecule has 0 radical (unpaired) electrons. The summed E-state index contributed by atoms with van der Waals surface area (Å²) in [5, 5.41) is 12.9. The van der Waals surface area contributed by atoms with Crippen LogP contribution in [0.25, 0.3) is 0 Å². The van der Waals surface area contributed by atoms with Gasteiger partial charge in [0.05, 0.1) is 12.7 Å². The average molecular weight is 251 g/mol. The number of para-hydroxylation sites is 1. The summed E-state index contributed by atoms with van der Waals surface area (Å²) in [6.45, 7) is 3.88. The van der Waals surface area contributed by atoms with Crippen molar-refractivity contribution in [2.45, 2.75) is 38.7 Å². The summed E-state index contributed by atoms with van der Waals surface area (Å²) in [5.74, 6) is 0. The third kappa shape index (κ3) is 7.30. The number of benzene rings is 1. The Kier molecular flexibility index (Phi) is 8.26. The molecule has 0 heterocycles. The Labute approximate surface area is 110 Å². The lowest BCUT2D eigenvalue weighted by Crippen LogP contribution is -2.25. The second-order valence-corrected chi connectivity index (χ2v) is 4.54. The first kappa shape index (κ1) is 15.0. The van der Waals surface area contributed by atoms with E-state index in [4.69, 9.17) is 4.74 Å². The van der Waals surface area contributed by atoms with E-state index in [1.54, 1.807) is 0 Å². The number of hydrogen-bond acceptors (Lipinski definition) is 3. The molecule has 1 aromatic rings. The van der Waals surface area contributed by atoms with E-state index in [1.165, 1.54) is 19.3 Å². The van der Waals surface area contributed by atoms with Crippen LogP contribution in [0.5, 0.6) is 0 Å². The Bertz CT molecular complexity index is 290. The molecule has 3 nitrogen and oxygen atoms in total. The Balaban J connectivity index is 1.99. The maximum absolute atomic E-state index is 9.73. The molecule has 2 N–H and O–H groups in total. The molecule has 0 saturated heterocycles. The highest BCUT2D eigenvalue weighted by atomic mass is 16.5. The van der Waals surface area contributed by atoms with Crippen molar-refractivity contribution in [3.8, 4) is 0 Å². The molecule has 3 heteroatoms. The van der Waals surface area contributed by atoms with Crippen LogP contribution in [0.15, 0.2) is 30.3 Å². The van der Waals surface area contributed by atoms with E-state index >= 15 is 0 Å². The minimum atomic E-state index is -0.448. The van der Waals surface area contributed by atoms with Crippen LogP contribution < -0.4 is 5.32 Å². The van der Waals surface area contributed by atoms with Crippen molar-refractivity contribution in [2.24, 2.45) is 0 Å². The minimum absolute atomic E-state index is 0.409. The number of rotatable bonds is 10. The van der Waals surface area contributed by atoms with E-state index < -0.39 is 6.10 Å². The van der Waals surface area contributed by atoms with E-state index in [1.807, 2.05) is 30.3 Å². The van der Waals surface area contributed by atoms with Crippen molar-refractivity contribution >= 4 is 5.69 Å². The molecule has 0 spiro atoms. The monoisotopic (exact) mass is 251 g/mol. The van der Waals surface area contributed by atoms with Gasteiger partial charge >= 0.3 is 0 Å². The lowest BCUT2D eigenvalue weighted by Gasteiger charge is -2.13. The van der Waals surface area contributed by atoms with Gasteiger partial charge in [0.2, 0.25) is 0 Å². The van der Waals surface area contributed by atoms with Crippen molar-refractivity contribution in [3.05, 3.63) is 30.3 Å². The lowest BCUT2D eigenvalue weighted by atomic mass is 10.2. The second kappa shape index (κ2) is 9.92. The lowest BCUT2D eigenvalue weighted by molar-refractivity contribution is 0.0417. The molecular formula is C15H25NO2. The number of hydrogen-bond donors (Lipinski definition) is 2. The minimum Gasteiger partial charge on any atom is -0.389 e. The number of anilines is 1. The van der Waals surface area contributed by atoms with E-state index in [2.05, 4.69) is 12.2 Å². The van der Waals surface area contributed by atoms with Crippen molar-refractivity contribution in [3.63, 3.8) is 0 Å². The van der Waals surface area contributed by atoms with Gasteiger partial charge in [-0.25, -0.2) is 0 Å². The highest BCUT2D eigenvalue weighted by molar-refractivity contribution is 5.42. The summed E-state index contributed by atoms with van der Waals surface area (Å²) in [4.78, 5) is 0. The first-order chi connectivity index (χ1) is 8.83. The van der Waals surface area contributed by atoms with Crippen LogP contribution in [-0.2, 0) is 4.74 Å². The maximum Gasteiger partial charge on any atom is 0.0945 e. The highest BCUT2D eigenvalue weighted by Gasteiger charge is 2.03. The summed E-state index contributed by atoms with van der Waals surface area (Å²) in [7, 11) is 0. The van der Waals surface area contributed by atoms with Crippen LogP contribution in [0.4, 0.5) is 5.69 Å². The van der Waals surface area contributed by atoms with Gasteiger partial charge < -0.3 is 15.2 Å². The molecule has 1 unspecified atom stereocenters. The maximum atomic E-state index is 9.73. The number of nitrogens with one attached hydrogen (secondary N) is 1. The predicted octanol–water partition coefficient (Wildman–Crippen LogP) is 3.06. The zero-order valence-electron chi connectivity index (χ0n) is 11.3. The van der Waals surface area contributed by atoms with Gasteiger partial charge in [-0.3, -0.25) is 0 Å². The molecular weight excluding hydrogens is 226 g/mol. The van der Waals surface area contributed by atoms with E-state index in [-0.39, 0.29) is 0 Å². The van der Waals surface area contributed by atoms with E-state index in [0.29, 0.717) is 13.2 Å². The van der Waals surface area contributed by atoms with Crippen LogP contribution in [0.2, 0.25) is 0 Å². The molecule has 0 amide bonds. The van der Waals surface area contributed by atoms with Crippen LogP contribution in [0.3, 0.4) is 0 Å². The molecule has 0 aromatic heterocycles. The molecule has 1 aromatic carbocycles. The van der Waals surface area contributed by atoms with Crippen LogP contribution in [-0.4, -0.2) is 31.0 Å². The summed E-state index contributed by atoms with van der Waals surface area (Å²) in [6, 6.07) is 9.88. The molecule has 1 rings (SSSR count). The van der Waals surface area contributed by atoms with Gasteiger partial charge in [-0.1, -0.05) is 44.4 Å². The van der Waals surface area contributed by atoms with Crippen molar-refractivity contribution in [1.29, 1.82) is 0 Å². The zero-order chi connectivity index (χ0) is 13.1. The fourth-order valence-corrected chi connectivity index (χ4v) is 1.70. The molecule has 0 aliphatic heterocycles. The van der Waals surface area contributed by atoms with Crippen LogP contribution in [0.1, 0.15) is 32.6 Å². The Hall–Kier alpha value is -1.06. The quantitative estimate of drug-likeness (QED) is 0.628. The highest BCUT2D eigenvalue weighted by Crippen LogP contribution is 2.05. The molecule has 1 atom stereocenters. The van der Waals surface area contributed by atoms with E-state index in [9.17, 15) is 5.11 Å². The van der Waals surface area contributed by atoms with Crippen molar-refractivity contribution in [2.75, 3.05) is 25.1 Å². The van der Waals surface area contributed by atoms with Gasteiger partial charge in [-0.05, 0) is 18.6 Å². The third-order valence-electron chi connectivity index (χ3n) is 2.77. The fraction of sp³-hybridized carbons (Fsp3) is 0.600. The van der Waals surface area contributed by atoms with Gasteiger partial charge in [-0.15, -0.1) is 0 Å². The molecule has 0 aliphatic rings. The molecule has 102 valence electrons. The summed E-state index contributed by atoms with van der Waals surface area (Å²) >= 11 is 0.